The van der Waals surface area contributed by atoms with Gasteiger partial charge in [0.1, 0.15) is 5.60 Å². The largest absolute Gasteiger partial charge is 0.444 e. The van der Waals surface area contributed by atoms with Crippen LogP contribution in [-0.2, 0) is 23.5 Å². The molecule has 1 amide bonds. The van der Waals surface area contributed by atoms with Crippen LogP contribution in [0.5, 0.6) is 0 Å². The summed E-state index contributed by atoms with van der Waals surface area (Å²) in [6.45, 7) is 16.3. The van der Waals surface area contributed by atoms with Gasteiger partial charge in [0.05, 0.1) is 24.1 Å². The van der Waals surface area contributed by atoms with Crippen molar-refractivity contribution in [3.05, 3.63) is 29.8 Å². The number of ether oxygens (including phenoxy) is 1. The lowest BCUT2D eigenvalue weighted by atomic mass is 9.87. The van der Waals surface area contributed by atoms with Crippen molar-refractivity contribution in [1.82, 2.24) is 4.90 Å². The number of benzene rings is 1. The van der Waals surface area contributed by atoms with Crippen molar-refractivity contribution in [2.24, 2.45) is 5.92 Å². The van der Waals surface area contributed by atoms with Gasteiger partial charge in [-0.3, -0.25) is 4.90 Å². The van der Waals surface area contributed by atoms with Gasteiger partial charge in [-0.25, -0.2) is 8.98 Å². The summed E-state index contributed by atoms with van der Waals surface area (Å²) < 4.78 is 87.2. The number of amides is 1. The Morgan fingerprint density at radius 2 is 1.59 bits per heavy atom. The van der Waals surface area contributed by atoms with E-state index >= 15 is 0 Å². The highest BCUT2D eigenvalue weighted by Crippen LogP contribution is 2.49. The second kappa shape index (κ2) is 10.2. The fraction of sp³-hybridized carbons (Fsp3) is 0.720. The average Bonchev–Trinajstić information content (AvgIpc) is 2.97. The van der Waals surface area contributed by atoms with Gasteiger partial charge in [-0.05, 0) is 58.0 Å². The van der Waals surface area contributed by atoms with E-state index in [1.54, 1.807) is 27.7 Å². The molecule has 7 nitrogen and oxygen atoms in total. The Hall–Kier alpha value is -1.63. The number of carbonyl (C=O) groups excluding carboxylic acids is 1. The predicted octanol–water partition coefficient (Wildman–Crippen LogP) is 6.28. The summed E-state index contributed by atoms with van der Waals surface area (Å²) in [6.07, 6.45) is -6.12. The molecule has 12 heteroatoms. The third-order valence-electron chi connectivity index (χ3n) is 7.22. The van der Waals surface area contributed by atoms with E-state index in [1.807, 2.05) is 33.9 Å². The minimum atomic E-state index is -5.13. The Kier molecular flexibility index (Phi) is 8.67. The fourth-order valence-electron chi connectivity index (χ4n) is 3.81. The van der Waals surface area contributed by atoms with E-state index in [1.165, 1.54) is 31.2 Å². The lowest BCUT2D eigenvalue weighted by molar-refractivity contribution is -0.254. The van der Waals surface area contributed by atoms with E-state index < -0.39 is 65.3 Å². The van der Waals surface area contributed by atoms with Gasteiger partial charge in [-0.1, -0.05) is 45.4 Å². The summed E-state index contributed by atoms with van der Waals surface area (Å²) in [5.41, 5.74) is -3.45. The van der Waals surface area contributed by atoms with Crippen LogP contribution in [0.15, 0.2) is 29.2 Å². The molecule has 1 heterocycles. The summed E-state index contributed by atoms with van der Waals surface area (Å²) in [6, 6.07) is 4.18. The molecule has 1 aromatic carbocycles. The molecule has 1 fully saturated rings. The maximum atomic E-state index is 14.8. The Balaban J connectivity index is 2.57. The van der Waals surface area contributed by atoms with Crippen molar-refractivity contribution in [3.63, 3.8) is 0 Å². The third kappa shape index (κ3) is 6.87. The van der Waals surface area contributed by atoms with Gasteiger partial charge >= 0.3 is 12.3 Å². The van der Waals surface area contributed by atoms with E-state index in [9.17, 15) is 26.4 Å². The van der Waals surface area contributed by atoms with Gasteiger partial charge < -0.3 is 9.16 Å². The van der Waals surface area contributed by atoms with Crippen molar-refractivity contribution in [2.45, 2.75) is 102 Å². The molecule has 3 atom stereocenters. The van der Waals surface area contributed by atoms with Crippen molar-refractivity contribution in [1.29, 1.82) is 0 Å². The van der Waals surface area contributed by atoms with Crippen molar-refractivity contribution in [2.75, 3.05) is 13.2 Å². The molecule has 1 aliphatic heterocycles. The van der Waals surface area contributed by atoms with Crippen molar-refractivity contribution < 1.29 is 39.7 Å². The normalized spacial score (nSPS) is 23.9. The molecule has 0 radical (unpaired) electrons. The van der Waals surface area contributed by atoms with Crippen LogP contribution < -0.4 is 0 Å². The summed E-state index contributed by atoms with van der Waals surface area (Å²) >= 11 is 0. The summed E-state index contributed by atoms with van der Waals surface area (Å²) in [5, 5.41) is -0.238. The zero-order valence-electron chi connectivity index (χ0n) is 23.3. The fourth-order valence-corrected chi connectivity index (χ4v) is 6.08. The second-order valence-electron chi connectivity index (χ2n) is 12.3. The van der Waals surface area contributed by atoms with Crippen LogP contribution in [0.25, 0.3) is 0 Å². The van der Waals surface area contributed by atoms with Gasteiger partial charge in [0.2, 0.25) is 5.60 Å². The van der Waals surface area contributed by atoms with Crippen LogP contribution in [-0.4, -0.2) is 64.3 Å². The number of carbonyl (C=O) groups is 1. The van der Waals surface area contributed by atoms with Gasteiger partial charge in [-0.2, -0.15) is 21.6 Å². The minimum Gasteiger partial charge on any atom is -0.444 e. The Morgan fingerprint density at radius 3 is 2.03 bits per heavy atom. The first-order valence-corrected chi connectivity index (χ1v) is 16.5. The number of nitrogens with zero attached hydrogens (tertiary/aromatic N) is 1. The maximum absolute atomic E-state index is 14.8. The van der Waals surface area contributed by atoms with E-state index in [-0.39, 0.29) is 11.6 Å². The zero-order chi connectivity index (χ0) is 28.8. The number of aryl methyl sites for hydroxylation is 1. The summed E-state index contributed by atoms with van der Waals surface area (Å²) in [4.78, 5) is 13.6. The molecule has 0 aliphatic carbocycles. The number of likely N-dealkylation sites (tertiary alicyclic amines) is 1. The molecule has 0 spiro atoms. The summed E-state index contributed by atoms with van der Waals surface area (Å²) in [7, 11) is -7.27. The number of alkyl halides is 3. The van der Waals surface area contributed by atoms with Crippen molar-refractivity contribution in [3.8, 4) is 0 Å². The van der Waals surface area contributed by atoms with Gasteiger partial charge in [0.15, 0.2) is 8.32 Å². The third-order valence-corrected chi connectivity index (χ3v) is 13.1. The smallest absolute Gasteiger partial charge is 0.421 e. The van der Waals surface area contributed by atoms with E-state index in [4.69, 9.17) is 13.3 Å². The SMILES string of the molecule is Cc1ccc(S(=O)(=O)OC2(C(F)(F)F)CN(C(=O)OC(C)(C)C)[C@@H](CO[Si](C)(C)C(C)(C)C)[C@@H]2C)cc1. The Morgan fingerprint density at radius 1 is 1.08 bits per heavy atom. The molecule has 0 aromatic heterocycles. The molecule has 0 bridgehead atoms. The highest BCUT2D eigenvalue weighted by atomic mass is 32.2. The first kappa shape index (κ1) is 31.6. The van der Waals surface area contributed by atoms with E-state index in [0.29, 0.717) is 0 Å². The molecule has 1 saturated heterocycles. The lowest BCUT2D eigenvalue weighted by Gasteiger charge is -2.39. The van der Waals surface area contributed by atoms with Crippen LogP contribution in [0.2, 0.25) is 18.1 Å². The molecule has 0 saturated carbocycles. The molecule has 37 heavy (non-hydrogen) atoms. The highest BCUT2D eigenvalue weighted by molar-refractivity contribution is 7.86. The topological polar surface area (TPSA) is 82.1 Å². The Bertz CT molecular complexity index is 1080. The highest BCUT2D eigenvalue weighted by Gasteiger charge is 2.69. The first-order valence-electron chi connectivity index (χ1n) is 12.2. The molecule has 2 rings (SSSR count). The molecule has 0 N–H and O–H groups in total. The Labute approximate surface area is 219 Å². The van der Waals surface area contributed by atoms with Gasteiger partial charge in [0, 0.05) is 5.92 Å². The molecule has 1 aliphatic rings. The number of halogens is 3. The summed E-state index contributed by atoms with van der Waals surface area (Å²) in [5.74, 6) is -1.48. The number of hydrogen-bond acceptors (Lipinski definition) is 6. The second-order valence-corrected chi connectivity index (χ2v) is 18.6. The van der Waals surface area contributed by atoms with Crippen LogP contribution in [0.1, 0.15) is 54.0 Å². The van der Waals surface area contributed by atoms with E-state index in [2.05, 4.69) is 0 Å². The number of rotatable bonds is 6. The average molecular weight is 568 g/mol. The molecular weight excluding hydrogens is 527 g/mol. The predicted molar refractivity (Wildman–Crippen MR) is 137 cm³/mol. The molecular formula is C25H40F3NO6SSi. The van der Waals surface area contributed by atoms with Crippen molar-refractivity contribution >= 4 is 24.5 Å². The van der Waals surface area contributed by atoms with Gasteiger partial charge in [0.25, 0.3) is 10.1 Å². The zero-order valence-corrected chi connectivity index (χ0v) is 25.1. The van der Waals surface area contributed by atoms with E-state index in [0.717, 1.165) is 10.5 Å². The lowest BCUT2D eigenvalue weighted by Crippen LogP contribution is -2.55. The van der Waals surface area contributed by atoms with Gasteiger partial charge in [-0.15, -0.1) is 0 Å². The van der Waals surface area contributed by atoms with Crippen LogP contribution in [0, 0.1) is 12.8 Å². The first-order chi connectivity index (χ1) is 16.4. The standard InChI is InChI=1S/C25H40F3NO6SSi/c1-17-11-13-19(14-12-17)36(31,32)35-24(25(26,27)28)16-29(21(30)34-22(3,4)5)20(18(24)2)15-33-37(9,10)23(6,7)8/h11-14,18,20H,15-16H2,1-10H3/t18-,20-,24?/m0/s1. The van der Waals surface area contributed by atoms with Crippen LogP contribution in [0.4, 0.5) is 18.0 Å². The minimum absolute atomic E-state index is 0.220. The number of hydrogen-bond donors (Lipinski definition) is 0. The monoisotopic (exact) mass is 567 g/mol. The molecule has 1 unspecified atom stereocenters. The van der Waals surface area contributed by atoms with Crippen LogP contribution >= 0.6 is 0 Å². The van der Waals surface area contributed by atoms with Crippen LogP contribution in [0.3, 0.4) is 0 Å². The maximum Gasteiger partial charge on any atom is 0.421 e. The quantitative estimate of drug-likeness (QED) is 0.297. The molecule has 1 aromatic rings. The molecule has 212 valence electrons.